The number of allylic oxidation sites excluding steroid dienone is 2. The van der Waals surface area contributed by atoms with Crippen molar-refractivity contribution in [2.24, 2.45) is 5.92 Å². The van der Waals surface area contributed by atoms with Gasteiger partial charge in [-0.1, -0.05) is 29.3 Å². The summed E-state index contributed by atoms with van der Waals surface area (Å²) >= 11 is 6.05. The minimum atomic E-state index is 0.00913. The third-order valence-electron chi connectivity index (χ3n) is 5.55. The summed E-state index contributed by atoms with van der Waals surface area (Å²) in [6.45, 7) is 3.21. The highest BCUT2D eigenvalue weighted by molar-refractivity contribution is 6.30. The number of hydrogen-bond donors (Lipinski definition) is 1. The van der Waals surface area contributed by atoms with Gasteiger partial charge in [-0.05, 0) is 50.3 Å². The minimum Gasteiger partial charge on any atom is -0.378 e. The Morgan fingerprint density at radius 1 is 1.23 bits per heavy atom. The third-order valence-corrected chi connectivity index (χ3v) is 5.79. The van der Waals surface area contributed by atoms with E-state index < -0.39 is 0 Å². The first-order valence-corrected chi connectivity index (χ1v) is 9.92. The van der Waals surface area contributed by atoms with Crippen LogP contribution < -0.4 is 5.32 Å². The Hall–Kier alpha value is -1.78. The zero-order valence-corrected chi connectivity index (χ0v) is 15.7. The lowest BCUT2D eigenvalue weighted by atomic mass is 9.94. The molecule has 26 heavy (non-hydrogen) atoms. The summed E-state index contributed by atoms with van der Waals surface area (Å²) in [5, 5.41) is 3.68. The molecule has 0 saturated carbocycles. The molecule has 0 aromatic heterocycles. The van der Waals surface area contributed by atoms with Gasteiger partial charge < -0.3 is 15.0 Å². The van der Waals surface area contributed by atoms with Crippen LogP contribution in [0.5, 0.6) is 0 Å². The number of carbonyl (C=O) groups is 1. The van der Waals surface area contributed by atoms with Gasteiger partial charge in [-0.25, -0.2) is 0 Å². The maximum Gasteiger partial charge on any atom is 0.253 e. The van der Waals surface area contributed by atoms with Crippen molar-refractivity contribution in [3.05, 3.63) is 52.2 Å². The van der Waals surface area contributed by atoms with Crippen molar-refractivity contribution in [1.29, 1.82) is 0 Å². The maximum absolute atomic E-state index is 13.1. The van der Waals surface area contributed by atoms with Gasteiger partial charge in [0.1, 0.15) is 0 Å². The average Bonchev–Trinajstić information content (AvgIpc) is 3.32. The van der Waals surface area contributed by atoms with Crippen LogP contribution in [-0.4, -0.2) is 37.1 Å². The number of amides is 1. The SMILES string of the molecule is O=C(Nc1cccc(Cl)c1)C1=C(N2CCOCC2)C(C2=CCCC2)CC1. The van der Waals surface area contributed by atoms with Crippen molar-refractivity contribution in [3.8, 4) is 0 Å². The van der Waals surface area contributed by atoms with Crippen molar-refractivity contribution >= 4 is 23.2 Å². The number of nitrogens with zero attached hydrogens (tertiary/aromatic N) is 1. The highest BCUT2D eigenvalue weighted by Crippen LogP contribution is 2.42. The van der Waals surface area contributed by atoms with E-state index in [0.717, 1.165) is 50.4 Å². The van der Waals surface area contributed by atoms with Crippen LogP contribution in [0.1, 0.15) is 32.1 Å². The van der Waals surface area contributed by atoms with Crippen molar-refractivity contribution < 1.29 is 9.53 Å². The van der Waals surface area contributed by atoms with Crippen LogP contribution in [0.15, 0.2) is 47.2 Å². The molecule has 4 nitrogen and oxygen atoms in total. The highest BCUT2D eigenvalue weighted by Gasteiger charge is 2.35. The Morgan fingerprint density at radius 3 is 2.81 bits per heavy atom. The van der Waals surface area contributed by atoms with Crippen LogP contribution in [0.2, 0.25) is 5.02 Å². The lowest BCUT2D eigenvalue weighted by Gasteiger charge is -2.34. The Morgan fingerprint density at radius 2 is 2.08 bits per heavy atom. The first-order valence-electron chi connectivity index (χ1n) is 9.54. The zero-order valence-electron chi connectivity index (χ0n) is 15.0. The summed E-state index contributed by atoms with van der Waals surface area (Å²) < 4.78 is 5.53. The Bertz CT molecular complexity index is 750. The van der Waals surface area contributed by atoms with Gasteiger partial charge in [0.2, 0.25) is 0 Å². The second-order valence-electron chi connectivity index (χ2n) is 7.19. The molecule has 1 saturated heterocycles. The van der Waals surface area contributed by atoms with Crippen molar-refractivity contribution in [2.45, 2.75) is 32.1 Å². The number of nitrogens with one attached hydrogen (secondary N) is 1. The molecule has 1 atom stereocenters. The Kier molecular flexibility index (Phi) is 5.32. The summed E-state index contributed by atoms with van der Waals surface area (Å²) in [7, 11) is 0. The second kappa shape index (κ2) is 7.85. The highest BCUT2D eigenvalue weighted by atomic mass is 35.5. The normalized spacial score (nSPS) is 23.3. The fraction of sp³-hybridized carbons (Fsp3) is 0.476. The fourth-order valence-electron chi connectivity index (χ4n) is 4.36. The van der Waals surface area contributed by atoms with Gasteiger partial charge in [0.05, 0.1) is 13.2 Å². The number of hydrogen-bond acceptors (Lipinski definition) is 3. The monoisotopic (exact) mass is 372 g/mol. The van der Waals surface area contributed by atoms with E-state index in [9.17, 15) is 4.79 Å². The smallest absolute Gasteiger partial charge is 0.253 e. The lowest BCUT2D eigenvalue weighted by molar-refractivity contribution is -0.113. The van der Waals surface area contributed by atoms with E-state index >= 15 is 0 Å². The van der Waals surface area contributed by atoms with Gasteiger partial charge in [-0.3, -0.25) is 4.79 Å². The molecule has 0 radical (unpaired) electrons. The number of morpholine rings is 1. The molecule has 2 aliphatic carbocycles. The van der Waals surface area contributed by atoms with E-state index in [2.05, 4.69) is 16.3 Å². The van der Waals surface area contributed by atoms with Crippen molar-refractivity contribution in [3.63, 3.8) is 0 Å². The molecule has 138 valence electrons. The van der Waals surface area contributed by atoms with E-state index in [1.54, 1.807) is 6.07 Å². The number of carbonyl (C=O) groups excluding carboxylic acids is 1. The van der Waals surface area contributed by atoms with E-state index in [1.165, 1.54) is 30.5 Å². The maximum atomic E-state index is 13.1. The van der Waals surface area contributed by atoms with Gasteiger partial charge in [-0.2, -0.15) is 0 Å². The molecule has 1 amide bonds. The van der Waals surface area contributed by atoms with Crippen molar-refractivity contribution in [1.82, 2.24) is 4.90 Å². The molecule has 5 heteroatoms. The fourth-order valence-corrected chi connectivity index (χ4v) is 4.55. The molecule has 3 aliphatic rings. The van der Waals surface area contributed by atoms with Gasteiger partial charge in [-0.15, -0.1) is 0 Å². The molecule has 1 N–H and O–H groups in total. The third kappa shape index (κ3) is 3.67. The van der Waals surface area contributed by atoms with Gasteiger partial charge in [0.25, 0.3) is 5.91 Å². The summed E-state index contributed by atoms with van der Waals surface area (Å²) in [6, 6.07) is 7.34. The first-order chi connectivity index (χ1) is 12.7. The minimum absolute atomic E-state index is 0.00913. The molecule has 1 aliphatic heterocycles. The molecule has 1 heterocycles. The number of anilines is 1. The molecule has 0 spiro atoms. The number of rotatable bonds is 4. The van der Waals surface area contributed by atoms with Crippen LogP contribution in [0.3, 0.4) is 0 Å². The van der Waals surface area contributed by atoms with Crippen LogP contribution in [0, 0.1) is 5.92 Å². The number of benzene rings is 1. The molecule has 1 aromatic rings. The molecule has 1 aromatic carbocycles. The van der Waals surface area contributed by atoms with Gasteiger partial charge >= 0.3 is 0 Å². The summed E-state index contributed by atoms with van der Waals surface area (Å²) in [6.07, 6.45) is 7.85. The average molecular weight is 373 g/mol. The standard InChI is InChI=1S/C21H25ClN2O2/c22-16-6-3-7-17(14-16)23-21(25)19-9-8-18(15-4-1-2-5-15)20(19)24-10-12-26-13-11-24/h3-4,6-7,14,18H,1-2,5,8-13H2,(H,23,25). The van der Waals surface area contributed by atoms with Crippen LogP contribution in [-0.2, 0) is 9.53 Å². The summed E-state index contributed by atoms with van der Waals surface area (Å²) in [5.74, 6) is 0.408. The molecule has 0 bridgehead atoms. The number of ether oxygens (including phenoxy) is 1. The van der Waals surface area contributed by atoms with Crippen LogP contribution in [0.4, 0.5) is 5.69 Å². The molecular formula is C21H25ClN2O2. The van der Waals surface area contributed by atoms with E-state index in [1.807, 2.05) is 18.2 Å². The zero-order chi connectivity index (χ0) is 17.9. The van der Waals surface area contributed by atoms with Crippen LogP contribution >= 0.6 is 11.6 Å². The van der Waals surface area contributed by atoms with E-state index in [-0.39, 0.29) is 5.91 Å². The Balaban J connectivity index is 1.62. The summed E-state index contributed by atoms with van der Waals surface area (Å²) in [5.41, 5.74) is 4.45. The van der Waals surface area contributed by atoms with Gasteiger partial charge in [0, 0.05) is 41.0 Å². The molecule has 1 fully saturated rings. The molecule has 1 unspecified atom stereocenters. The first kappa shape index (κ1) is 17.6. The van der Waals surface area contributed by atoms with Crippen LogP contribution in [0.25, 0.3) is 0 Å². The molecule has 4 rings (SSSR count). The van der Waals surface area contributed by atoms with Crippen molar-refractivity contribution in [2.75, 3.05) is 31.6 Å². The molecular weight excluding hydrogens is 348 g/mol. The Labute approximate surface area is 159 Å². The second-order valence-corrected chi connectivity index (χ2v) is 7.63. The quantitative estimate of drug-likeness (QED) is 0.797. The predicted octanol–water partition coefficient (Wildman–Crippen LogP) is 4.39. The number of halogens is 1. The van der Waals surface area contributed by atoms with E-state index in [0.29, 0.717) is 10.9 Å². The summed E-state index contributed by atoms with van der Waals surface area (Å²) in [4.78, 5) is 15.4. The van der Waals surface area contributed by atoms with Gasteiger partial charge in [0.15, 0.2) is 0 Å². The lowest BCUT2D eigenvalue weighted by Crippen LogP contribution is -2.38. The largest absolute Gasteiger partial charge is 0.378 e. The van der Waals surface area contributed by atoms with E-state index in [4.69, 9.17) is 16.3 Å². The topological polar surface area (TPSA) is 41.6 Å². The predicted molar refractivity (Wildman–Crippen MR) is 104 cm³/mol.